The van der Waals surface area contributed by atoms with Crippen molar-refractivity contribution in [1.29, 1.82) is 0 Å². The molecule has 6 N–H and O–H groups in total. The van der Waals surface area contributed by atoms with Crippen molar-refractivity contribution in [2.45, 2.75) is 38.5 Å². The lowest BCUT2D eigenvalue weighted by molar-refractivity contribution is 0.425. The molecule has 2 heterocycles. The first-order chi connectivity index (χ1) is 17.2. The summed E-state index contributed by atoms with van der Waals surface area (Å²) in [6.45, 7) is 0. The summed E-state index contributed by atoms with van der Waals surface area (Å²) in [5.41, 5.74) is 22.2. The third-order valence-corrected chi connectivity index (χ3v) is 7.33. The lowest BCUT2D eigenvalue weighted by Gasteiger charge is -2.08. The quantitative estimate of drug-likeness (QED) is 0.224. The Morgan fingerprint density at radius 2 is 1.39 bits per heavy atom. The fraction of sp³-hybridized carbons (Fsp3) is 0.308. The average Bonchev–Trinajstić information content (AvgIpc) is 3.65. The largest absolute Gasteiger partial charge is 0.491 e. The fourth-order valence-corrected chi connectivity index (χ4v) is 5.12. The van der Waals surface area contributed by atoms with E-state index in [0.29, 0.717) is 5.46 Å². The predicted molar refractivity (Wildman–Crippen MR) is 149 cm³/mol. The zero-order valence-corrected chi connectivity index (χ0v) is 22.2. The molecule has 6 rings (SSSR count). The molecule has 2 aliphatic rings. The topological polar surface area (TPSA) is 128 Å². The maximum atomic E-state index is 8.54. The van der Waals surface area contributed by atoms with E-state index in [2.05, 4.69) is 44.3 Å². The highest BCUT2D eigenvalue weighted by Crippen LogP contribution is 2.35. The maximum Gasteiger partial charge on any atom is 0.491 e. The molecule has 188 valence electrons. The van der Waals surface area contributed by atoms with Gasteiger partial charge < -0.3 is 21.5 Å². The van der Waals surface area contributed by atoms with Crippen molar-refractivity contribution in [2.24, 2.45) is 14.1 Å². The number of nitrogens with zero attached hydrogens (tertiary/aromatic N) is 4. The summed E-state index contributed by atoms with van der Waals surface area (Å²) in [6, 6.07) is 8.54. The van der Waals surface area contributed by atoms with Crippen molar-refractivity contribution in [3.05, 3.63) is 75.8 Å². The Morgan fingerprint density at radius 1 is 0.806 bits per heavy atom. The van der Waals surface area contributed by atoms with Gasteiger partial charge in [-0.1, -0.05) is 18.2 Å². The molecule has 2 aromatic carbocycles. The Labute approximate surface area is 220 Å². The fourth-order valence-electron chi connectivity index (χ4n) is 4.75. The van der Waals surface area contributed by atoms with E-state index in [-0.39, 0.29) is 0 Å². The molecule has 2 aliphatic carbocycles. The van der Waals surface area contributed by atoms with Gasteiger partial charge in [0.15, 0.2) is 0 Å². The van der Waals surface area contributed by atoms with Crippen molar-refractivity contribution >= 4 is 39.9 Å². The van der Waals surface area contributed by atoms with Crippen LogP contribution in [0.2, 0.25) is 0 Å². The molecule has 0 bridgehead atoms. The first-order valence-electron chi connectivity index (χ1n) is 12.0. The van der Waals surface area contributed by atoms with Crippen LogP contribution in [0.5, 0.6) is 0 Å². The minimum Gasteiger partial charge on any atom is -0.423 e. The highest BCUT2D eigenvalue weighted by Gasteiger charge is 2.17. The van der Waals surface area contributed by atoms with Crippen LogP contribution in [-0.4, -0.2) is 36.7 Å². The number of anilines is 2. The molecule has 0 fully saturated rings. The SMILES string of the molecule is Cn1cc(-c2ccc3c(c2N)CCC3)cn1.Cn1cc(B(O)O)cn1.Nc1c(Br)ccc2c1CCC2. The van der Waals surface area contributed by atoms with Crippen molar-refractivity contribution < 1.29 is 10.0 Å². The Morgan fingerprint density at radius 3 is 1.92 bits per heavy atom. The molecular formula is C26H32BBrN6O2. The molecule has 0 spiro atoms. The van der Waals surface area contributed by atoms with Gasteiger partial charge in [0.1, 0.15) is 0 Å². The van der Waals surface area contributed by atoms with E-state index in [9.17, 15) is 0 Å². The van der Waals surface area contributed by atoms with E-state index in [1.54, 1.807) is 13.2 Å². The lowest BCUT2D eigenvalue weighted by Crippen LogP contribution is -2.28. The van der Waals surface area contributed by atoms with E-state index in [1.165, 1.54) is 58.8 Å². The average molecular weight is 551 g/mol. The molecule has 0 aliphatic heterocycles. The summed E-state index contributed by atoms with van der Waals surface area (Å²) in [6.07, 6.45) is 14.0. The van der Waals surface area contributed by atoms with Crippen molar-refractivity contribution in [3.63, 3.8) is 0 Å². The molecule has 8 nitrogen and oxygen atoms in total. The van der Waals surface area contributed by atoms with Crippen LogP contribution in [0.25, 0.3) is 11.1 Å². The summed E-state index contributed by atoms with van der Waals surface area (Å²) in [4.78, 5) is 0. The number of hydrogen-bond acceptors (Lipinski definition) is 6. The molecule has 4 aromatic rings. The second-order valence-corrected chi connectivity index (χ2v) is 10.0. The number of aromatic nitrogens is 4. The zero-order valence-electron chi connectivity index (χ0n) is 20.7. The van der Waals surface area contributed by atoms with Gasteiger partial charge in [-0.05, 0) is 82.8 Å². The summed E-state index contributed by atoms with van der Waals surface area (Å²) in [5.74, 6) is 0. The maximum absolute atomic E-state index is 8.54. The number of fused-ring (bicyclic) bond motifs is 2. The summed E-state index contributed by atoms with van der Waals surface area (Å²) in [7, 11) is 2.23. The molecule has 10 heteroatoms. The van der Waals surface area contributed by atoms with Crippen LogP contribution in [0, 0.1) is 0 Å². The summed E-state index contributed by atoms with van der Waals surface area (Å²) >= 11 is 3.42. The number of halogens is 1. The Balaban J connectivity index is 0.000000134. The van der Waals surface area contributed by atoms with Crippen LogP contribution in [0.3, 0.4) is 0 Å². The van der Waals surface area contributed by atoms with Gasteiger partial charge in [-0.3, -0.25) is 9.36 Å². The van der Waals surface area contributed by atoms with Crippen LogP contribution in [-0.2, 0) is 39.8 Å². The lowest BCUT2D eigenvalue weighted by atomic mass is 9.83. The Kier molecular flexibility index (Phi) is 8.18. The van der Waals surface area contributed by atoms with Gasteiger partial charge in [0.05, 0.1) is 6.20 Å². The minimum absolute atomic E-state index is 0.414. The highest BCUT2D eigenvalue weighted by atomic mass is 79.9. The third-order valence-electron chi connectivity index (χ3n) is 6.64. The minimum atomic E-state index is -1.40. The predicted octanol–water partition coefficient (Wildman–Crippen LogP) is 2.78. The number of benzene rings is 2. The van der Waals surface area contributed by atoms with E-state index >= 15 is 0 Å². The van der Waals surface area contributed by atoms with Crippen molar-refractivity contribution in [3.8, 4) is 11.1 Å². The number of aryl methyl sites for hydroxylation is 4. The van der Waals surface area contributed by atoms with Crippen LogP contribution >= 0.6 is 15.9 Å². The van der Waals surface area contributed by atoms with Crippen molar-refractivity contribution in [2.75, 3.05) is 11.5 Å². The molecule has 0 unspecified atom stereocenters. The molecular weight excluding hydrogens is 519 g/mol. The Bertz CT molecular complexity index is 1350. The van der Waals surface area contributed by atoms with Crippen LogP contribution in [0.15, 0.2) is 53.5 Å². The smallest absolute Gasteiger partial charge is 0.423 e. The molecule has 0 radical (unpaired) electrons. The number of nitrogen functional groups attached to an aromatic ring is 2. The van der Waals surface area contributed by atoms with E-state index in [0.717, 1.165) is 39.8 Å². The van der Waals surface area contributed by atoms with Gasteiger partial charge in [-0.25, -0.2) is 0 Å². The van der Waals surface area contributed by atoms with Gasteiger partial charge in [-0.2, -0.15) is 10.2 Å². The highest BCUT2D eigenvalue weighted by molar-refractivity contribution is 9.10. The third kappa shape index (κ3) is 5.83. The zero-order chi connectivity index (χ0) is 25.8. The van der Waals surface area contributed by atoms with Gasteiger partial charge in [0.2, 0.25) is 0 Å². The van der Waals surface area contributed by atoms with Crippen LogP contribution < -0.4 is 16.9 Å². The number of nitrogens with two attached hydrogens (primary N) is 2. The first-order valence-corrected chi connectivity index (χ1v) is 12.8. The molecule has 0 amide bonds. The van der Waals surface area contributed by atoms with E-state index in [1.807, 2.05) is 30.2 Å². The van der Waals surface area contributed by atoms with Gasteiger partial charge in [0, 0.05) is 65.1 Å². The molecule has 0 saturated heterocycles. The van der Waals surface area contributed by atoms with Gasteiger partial charge >= 0.3 is 7.12 Å². The summed E-state index contributed by atoms with van der Waals surface area (Å²) < 4.78 is 4.36. The normalized spacial score (nSPS) is 13.2. The second-order valence-electron chi connectivity index (χ2n) is 9.19. The van der Waals surface area contributed by atoms with Gasteiger partial charge in [0.25, 0.3) is 0 Å². The first kappa shape index (κ1) is 26.0. The van der Waals surface area contributed by atoms with Gasteiger partial charge in [-0.15, -0.1) is 0 Å². The molecule has 0 atom stereocenters. The van der Waals surface area contributed by atoms with Crippen molar-refractivity contribution in [1.82, 2.24) is 19.6 Å². The van der Waals surface area contributed by atoms with E-state index in [4.69, 9.17) is 21.5 Å². The molecule has 2 aromatic heterocycles. The monoisotopic (exact) mass is 550 g/mol. The number of hydrogen-bond donors (Lipinski definition) is 4. The summed E-state index contributed by atoms with van der Waals surface area (Å²) in [5, 5.41) is 25.0. The van der Waals surface area contributed by atoms with E-state index < -0.39 is 7.12 Å². The number of rotatable bonds is 2. The van der Waals surface area contributed by atoms with Crippen LogP contribution in [0.4, 0.5) is 11.4 Å². The second kappa shape index (κ2) is 11.3. The van der Waals surface area contributed by atoms with Crippen LogP contribution in [0.1, 0.15) is 35.1 Å². The standard InChI is InChI=1S/C13H15N3.C9H10BrN.C4H7BN2O2/c1-16-8-10(7-15-16)12-6-5-9-3-2-4-11(9)13(12)14;10-8-5-4-6-2-1-3-7(6)9(8)11;1-7-3-4(2-6-7)5(8)9/h5-8H,2-4,14H2,1H3;4-5H,1-3,11H2;2-3,8-9H,1H3. The Hall–Kier alpha value is -3.08. The molecule has 36 heavy (non-hydrogen) atoms. The molecule has 0 saturated carbocycles.